The van der Waals surface area contributed by atoms with Gasteiger partial charge in [-0.25, -0.2) is 19.3 Å². The van der Waals surface area contributed by atoms with Crippen molar-refractivity contribution in [2.75, 3.05) is 6.61 Å². The molecule has 24 heavy (non-hydrogen) atoms. The fraction of sp³-hybridized carbons (Fsp3) is 0.235. The number of halogens is 1. The molecule has 1 atom stereocenters. The van der Waals surface area contributed by atoms with Gasteiger partial charge in [0.1, 0.15) is 11.6 Å². The van der Waals surface area contributed by atoms with Crippen LogP contribution in [0.4, 0.5) is 4.39 Å². The minimum atomic E-state index is -0.292. The first-order chi connectivity index (χ1) is 11.7. The third-order valence-corrected chi connectivity index (χ3v) is 4.48. The van der Waals surface area contributed by atoms with Crippen LogP contribution in [-0.2, 0) is 6.42 Å². The number of rotatable bonds is 3. The largest absolute Gasteiger partial charge is 0.394 e. The summed E-state index contributed by atoms with van der Waals surface area (Å²) in [6, 6.07) is 7.99. The summed E-state index contributed by atoms with van der Waals surface area (Å²) < 4.78 is 15.3. The van der Waals surface area contributed by atoms with Crippen molar-refractivity contribution in [3.8, 4) is 22.6 Å². The molecular formula is C17H15FN4OS. The van der Waals surface area contributed by atoms with Crippen LogP contribution in [0.2, 0.25) is 0 Å². The topological polar surface area (TPSA) is 63.8 Å². The summed E-state index contributed by atoms with van der Waals surface area (Å²) in [5, 5.41) is 10.1. The minimum Gasteiger partial charge on any atom is -0.394 e. The Labute approximate surface area is 143 Å². The fourth-order valence-corrected chi connectivity index (χ4v) is 3.35. The molecule has 1 unspecified atom stereocenters. The second-order valence-corrected chi connectivity index (χ2v) is 6.12. The van der Waals surface area contributed by atoms with Crippen LogP contribution in [0.25, 0.3) is 22.6 Å². The molecule has 2 aromatic heterocycles. The van der Waals surface area contributed by atoms with Crippen LogP contribution in [0.5, 0.6) is 0 Å². The molecule has 1 aliphatic rings. The fourth-order valence-electron chi connectivity index (χ4n) is 3.18. The van der Waals surface area contributed by atoms with Gasteiger partial charge in [0.2, 0.25) is 0 Å². The zero-order chi connectivity index (χ0) is 16.7. The summed E-state index contributed by atoms with van der Waals surface area (Å²) >= 11 is 4.22. The van der Waals surface area contributed by atoms with Gasteiger partial charge in [-0.1, -0.05) is 0 Å². The Hall–Kier alpha value is -2.25. The molecule has 5 nitrogen and oxygen atoms in total. The zero-order valence-corrected chi connectivity index (χ0v) is 13.6. The molecule has 0 spiro atoms. The van der Waals surface area contributed by atoms with Crippen LogP contribution in [0.1, 0.15) is 18.3 Å². The summed E-state index contributed by atoms with van der Waals surface area (Å²) in [4.78, 5) is 13.2. The molecule has 1 aromatic carbocycles. The molecule has 4 rings (SSSR count). The SMILES string of the molecule is OCC1CCc2nc(-c3ccc(F)cc3)c(-c3ccnc(S)n3)n21. The zero-order valence-electron chi connectivity index (χ0n) is 12.7. The van der Waals surface area contributed by atoms with Gasteiger partial charge in [0, 0.05) is 18.2 Å². The maximum atomic E-state index is 13.3. The molecule has 0 amide bonds. The second-order valence-electron chi connectivity index (χ2n) is 5.72. The number of aliphatic hydroxyl groups excluding tert-OH is 1. The van der Waals surface area contributed by atoms with E-state index in [9.17, 15) is 9.50 Å². The summed E-state index contributed by atoms with van der Waals surface area (Å²) in [6.07, 6.45) is 3.27. The molecule has 0 radical (unpaired) electrons. The second kappa shape index (κ2) is 5.99. The van der Waals surface area contributed by atoms with Crippen molar-refractivity contribution < 1.29 is 9.50 Å². The highest BCUT2D eigenvalue weighted by atomic mass is 32.1. The molecule has 122 valence electrons. The van der Waals surface area contributed by atoms with Gasteiger partial charge in [-0.15, -0.1) is 12.6 Å². The predicted octanol–water partition coefficient (Wildman–Crippen LogP) is 2.91. The molecule has 3 aromatic rings. The summed E-state index contributed by atoms with van der Waals surface area (Å²) in [5.41, 5.74) is 3.04. The molecule has 0 saturated heterocycles. The average Bonchev–Trinajstić information content (AvgIpc) is 3.14. The Kier molecular flexibility index (Phi) is 3.82. The number of fused-ring (bicyclic) bond motifs is 1. The lowest BCUT2D eigenvalue weighted by atomic mass is 10.1. The van der Waals surface area contributed by atoms with E-state index in [0.717, 1.165) is 35.6 Å². The number of hydrogen-bond acceptors (Lipinski definition) is 5. The van der Waals surface area contributed by atoms with Gasteiger partial charge in [0.05, 0.1) is 29.7 Å². The standard InChI is InChI=1S/C17H15FN4OS/c18-11-3-1-10(2-4-11)15-16(13-7-8-19-17(24)20-13)22-12(9-23)5-6-14(22)21-15/h1-4,7-8,12,23H,5-6,9H2,(H,19,20,24). The van der Waals surface area contributed by atoms with Crippen molar-refractivity contribution in [1.82, 2.24) is 19.5 Å². The lowest BCUT2D eigenvalue weighted by Crippen LogP contribution is -2.10. The van der Waals surface area contributed by atoms with Crippen molar-refractivity contribution in [2.24, 2.45) is 0 Å². The quantitative estimate of drug-likeness (QED) is 0.567. The Morgan fingerprint density at radius 3 is 2.71 bits per heavy atom. The van der Waals surface area contributed by atoms with Gasteiger partial charge in [0.25, 0.3) is 0 Å². The van der Waals surface area contributed by atoms with E-state index in [1.807, 2.05) is 4.57 Å². The van der Waals surface area contributed by atoms with Crippen molar-refractivity contribution in [3.05, 3.63) is 48.2 Å². The third kappa shape index (κ3) is 2.50. The Morgan fingerprint density at radius 2 is 2.00 bits per heavy atom. The van der Waals surface area contributed by atoms with E-state index >= 15 is 0 Å². The van der Waals surface area contributed by atoms with Gasteiger partial charge in [-0.3, -0.25) is 0 Å². The number of aryl methyl sites for hydroxylation is 1. The van der Waals surface area contributed by atoms with Gasteiger partial charge in [-0.2, -0.15) is 0 Å². The number of thiol groups is 1. The lowest BCUT2D eigenvalue weighted by Gasteiger charge is -2.15. The van der Waals surface area contributed by atoms with Crippen LogP contribution in [-0.4, -0.2) is 31.2 Å². The number of aliphatic hydroxyl groups is 1. The monoisotopic (exact) mass is 342 g/mol. The van der Waals surface area contributed by atoms with E-state index in [-0.39, 0.29) is 18.5 Å². The molecule has 0 saturated carbocycles. The first-order valence-corrected chi connectivity index (χ1v) is 8.12. The smallest absolute Gasteiger partial charge is 0.184 e. The molecular weight excluding hydrogens is 327 g/mol. The Bertz CT molecular complexity index is 894. The predicted molar refractivity (Wildman–Crippen MR) is 90.3 cm³/mol. The highest BCUT2D eigenvalue weighted by Crippen LogP contribution is 2.38. The minimum absolute atomic E-state index is 0.0324. The van der Waals surface area contributed by atoms with Crippen LogP contribution in [0.3, 0.4) is 0 Å². The van der Waals surface area contributed by atoms with Crippen molar-refractivity contribution in [3.63, 3.8) is 0 Å². The van der Waals surface area contributed by atoms with E-state index in [1.165, 1.54) is 12.1 Å². The van der Waals surface area contributed by atoms with Crippen LogP contribution in [0.15, 0.2) is 41.7 Å². The van der Waals surface area contributed by atoms with E-state index in [1.54, 1.807) is 24.4 Å². The van der Waals surface area contributed by atoms with Crippen molar-refractivity contribution in [1.29, 1.82) is 0 Å². The molecule has 0 fully saturated rings. The van der Waals surface area contributed by atoms with E-state index < -0.39 is 0 Å². The average molecular weight is 342 g/mol. The number of hydrogen-bond donors (Lipinski definition) is 2. The van der Waals surface area contributed by atoms with Crippen LogP contribution >= 0.6 is 12.6 Å². The summed E-state index contributed by atoms with van der Waals surface area (Å²) in [7, 11) is 0. The normalized spacial score (nSPS) is 16.4. The Balaban J connectivity index is 1.96. The van der Waals surface area contributed by atoms with Crippen LogP contribution in [0, 0.1) is 5.82 Å². The van der Waals surface area contributed by atoms with Gasteiger partial charge in [-0.05, 0) is 36.8 Å². The lowest BCUT2D eigenvalue weighted by molar-refractivity contribution is 0.234. The highest BCUT2D eigenvalue weighted by molar-refractivity contribution is 7.80. The number of benzene rings is 1. The van der Waals surface area contributed by atoms with E-state index in [2.05, 4.69) is 22.6 Å². The maximum Gasteiger partial charge on any atom is 0.184 e. The van der Waals surface area contributed by atoms with Crippen molar-refractivity contribution in [2.45, 2.75) is 24.0 Å². The van der Waals surface area contributed by atoms with E-state index in [4.69, 9.17) is 4.98 Å². The molecule has 1 aliphatic heterocycles. The first kappa shape index (κ1) is 15.3. The highest BCUT2D eigenvalue weighted by Gasteiger charge is 2.30. The number of nitrogens with zero attached hydrogens (tertiary/aromatic N) is 4. The number of imidazole rings is 1. The molecule has 1 N–H and O–H groups in total. The summed E-state index contributed by atoms with van der Waals surface area (Å²) in [5.74, 6) is 0.614. The summed E-state index contributed by atoms with van der Waals surface area (Å²) in [6.45, 7) is 0.0397. The van der Waals surface area contributed by atoms with Crippen LogP contribution < -0.4 is 0 Å². The molecule has 0 bridgehead atoms. The molecule has 0 aliphatic carbocycles. The van der Waals surface area contributed by atoms with Crippen molar-refractivity contribution >= 4 is 12.6 Å². The van der Waals surface area contributed by atoms with Gasteiger partial charge in [0.15, 0.2) is 5.16 Å². The third-order valence-electron chi connectivity index (χ3n) is 4.26. The van der Waals surface area contributed by atoms with E-state index in [0.29, 0.717) is 10.9 Å². The van der Waals surface area contributed by atoms with Gasteiger partial charge >= 0.3 is 0 Å². The Morgan fingerprint density at radius 1 is 1.21 bits per heavy atom. The first-order valence-electron chi connectivity index (χ1n) is 7.67. The van der Waals surface area contributed by atoms with Gasteiger partial charge < -0.3 is 9.67 Å². The maximum absolute atomic E-state index is 13.3. The number of aromatic nitrogens is 4. The molecule has 7 heteroatoms. The molecule has 3 heterocycles.